The number of fused-ring (bicyclic) bond motifs is 1. The maximum Gasteiger partial charge on any atom is 0.352 e. The third-order valence-corrected chi connectivity index (χ3v) is 7.95. The number of carbonyl (C=O) groups excluding carboxylic acids is 1. The summed E-state index contributed by atoms with van der Waals surface area (Å²) in [6, 6.07) is 13.6. The first kappa shape index (κ1) is 23.6. The van der Waals surface area contributed by atoms with Crippen molar-refractivity contribution >= 4 is 57.7 Å². The molecule has 33 heavy (non-hydrogen) atoms. The van der Waals surface area contributed by atoms with E-state index in [0.29, 0.717) is 28.1 Å². The molecule has 2 atom stereocenters. The molecule has 4 rings (SSSR count). The van der Waals surface area contributed by atoms with E-state index in [2.05, 4.69) is 22.0 Å². The first-order valence-electron chi connectivity index (χ1n) is 10.5. The van der Waals surface area contributed by atoms with E-state index in [1.165, 1.54) is 22.2 Å². The van der Waals surface area contributed by atoms with E-state index in [9.17, 15) is 14.7 Å². The molecule has 0 radical (unpaired) electrons. The molecule has 7 nitrogen and oxygen atoms in total. The van der Waals surface area contributed by atoms with Gasteiger partial charge >= 0.3 is 5.97 Å². The van der Waals surface area contributed by atoms with Crippen LogP contribution in [0, 0.1) is 0 Å². The number of nitrogens with one attached hydrogen (secondary N) is 1. The summed E-state index contributed by atoms with van der Waals surface area (Å²) in [4.78, 5) is 26.3. The minimum Gasteiger partial charge on any atom is -0.479 e. The van der Waals surface area contributed by atoms with E-state index in [4.69, 9.17) is 17.0 Å². The molecule has 0 bridgehead atoms. The monoisotopic (exact) mass is 502 g/mol. The molecule has 0 aliphatic carbocycles. The Bertz CT molecular complexity index is 1080. The average molecular weight is 503 g/mol. The lowest BCUT2D eigenvalue weighted by Crippen LogP contribution is -2.67. The number of benzene rings is 1. The first-order chi connectivity index (χ1) is 16.0. The largest absolute Gasteiger partial charge is 0.479 e. The van der Waals surface area contributed by atoms with Crippen molar-refractivity contribution in [2.24, 2.45) is 0 Å². The van der Waals surface area contributed by atoms with Crippen molar-refractivity contribution in [3.63, 3.8) is 0 Å². The van der Waals surface area contributed by atoms with Gasteiger partial charge in [0.25, 0.3) is 5.91 Å². The number of nitrogens with zero attached hydrogens (tertiary/aromatic N) is 2. The van der Waals surface area contributed by atoms with E-state index < -0.39 is 12.0 Å². The van der Waals surface area contributed by atoms with Gasteiger partial charge in [-0.2, -0.15) is 0 Å². The number of carboxylic acid groups (broad SMARTS) is 1. The number of anilines is 1. The molecule has 2 aromatic rings. The van der Waals surface area contributed by atoms with Gasteiger partial charge in [-0.05, 0) is 24.7 Å². The maximum atomic E-state index is 12.9. The number of amides is 1. The first-order valence-corrected chi connectivity index (χ1v) is 12.9. The van der Waals surface area contributed by atoms with Crippen LogP contribution < -0.4 is 9.88 Å². The lowest BCUT2D eigenvalue weighted by atomic mass is 10.0. The minimum atomic E-state index is -1.09. The van der Waals surface area contributed by atoms with E-state index in [-0.39, 0.29) is 17.0 Å². The van der Waals surface area contributed by atoms with E-state index in [0.717, 1.165) is 12.2 Å². The fourth-order valence-corrected chi connectivity index (χ4v) is 6.23. The predicted octanol–water partition coefficient (Wildman–Crippen LogP) is 3.11. The summed E-state index contributed by atoms with van der Waals surface area (Å²) in [5.41, 5.74) is 2.78. The van der Waals surface area contributed by atoms with E-state index >= 15 is 0 Å². The molecule has 0 unspecified atom stereocenters. The molecule has 3 heterocycles. The van der Waals surface area contributed by atoms with Crippen molar-refractivity contribution in [2.45, 2.75) is 24.9 Å². The number of β-lactam (4-membered cyclic amide) rings is 1. The number of hydrogen-bond acceptors (Lipinski definition) is 7. The van der Waals surface area contributed by atoms with Gasteiger partial charge in [-0.3, -0.25) is 9.69 Å². The second-order valence-electron chi connectivity index (χ2n) is 7.51. The maximum absolute atomic E-state index is 12.9. The number of ether oxygens (including phenoxy) is 1. The molecule has 1 fully saturated rings. The van der Waals surface area contributed by atoms with Crippen LogP contribution in [-0.4, -0.2) is 55.8 Å². The number of thioether (sulfide) groups is 2. The Labute approximate surface area is 206 Å². The minimum absolute atomic E-state index is 0.0716. The average Bonchev–Trinajstić information content (AvgIpc) is 2.82. The Morgan fingerprint density at radius 2 is 2.03 bits per heavy atom. The SMILES string of the molecule is CCOC(=S)SCC1=C(C(=O)O)N2C(=O)[C@@H](Nc3cc[n+](Cc4ccccc4)cc3)[C@H]2SC1. The molecule has 2 aliphatic heterocycles. The smallest absolute Gasteiger partial charge is 0.352 e. The number of aromatic nitrogens is 1. The Morgan fingerprint density at radius 3 is 2.70 bits per heavy atom. The van der Waals surface area contributed by atoms with Gasteiger partial charge in [0.15, 0.2) is 18.9 Å². The number of carboxylic acids is 1. The summed E-state index contributed by atoms with van der Waals surface area (Å²) >= 11 is 7.97. The predicted molar refractivity (Wildman–Crippen MR) is 134 cm³/mol. The summed E-state index contributed by atoms with van der Waals surface area (Å²) in [6.45, 7) is 3.07. The number of hydrogen-bond donors (Lipinski definition) is 2. The van der Waals surface area contributed by atoms with Gasteiger partial charge in [0.05, 0.1) is 6.61 Å². The lowest BCUT2D eigenvalue weighted by molar-refractivity contribution is -0.688. The van der Waals surface area contributed by atoms with Crippen molar-refractivity contribution in [2.75, 3.05) is 23.4 Å². The van der Waals surface area contributed by atoms with E-state index in [1.807, 2.05) is 49.6 Å². The van der Waals surface area contributed by atoms with Crippen molar-refractivity contribution in [3.05, 3.63) is 71.7 Å². The van der Waals surface area contributed by atoms with Crippen LogP contribution in [0.3, 0.4) is 0 Å². The summed E-state index contributed by atoms with van der Waals surface area (Å²) < 4.78 is 7.70. The highest BCUT2D eigenvalue weighted by atomic mass is 32.2. The molecule has 0 spiro atoms. The van der Waals surface area contributed by atoms with Gasteiger partial charge < -0.3 is 15.2 Å². The van der Waals surface area contributed by atoms with Gasteiger partial charge in [0, 0.05) is 34.9 Å². The lowest BCUT2D eigenvalue weighted by Gasteiger charge is -2.49. The van der Waals surface area contributed by atoms with Crippen molar-refractivity contribution in [3.8, 4) is 0 Å². The molecule has 1 aromatic carbocycles. The fraction of sp³-hybridized carbons (Fsp3) is 0.304. The zero-order chi connectivity index (χ0) is 23.4. The standard InChI is InChI=1S/C23H23N3O4S3/c1-2-30-23(31)33-14-16-13-32-21-18(20(27)26(21)19(16)22(28)29)24-17-8-10-25(11-9-17)12-15-6-4-3-5-7-15/h3-11,18,21H,2,12-14H2,1H3,(H,28,29)/p+1/t18-,21-/m1/s1. The van der Waals surface area contributed by atoms with Crippen LogP contribution in [0.2, 0.25) is 0 Å². The molecule has 1 aromatic heterocycles. The van der Waals surface area contributed by atoms with Crippen LogP contribution >= 0.6 is 35.7 Å². The summed E-state index contributed by atoms with van der Waals surface area (Å²) in [5, 5.41) is 12.8. The number of rotatable bonds is 8. The van der Waals surface area contributed by atoms with Crippen molar-refractivity contribution in [1.29, 1.82) is 0 Å². The van der Waals surface area contributed by atoms with Gasteiger partial charge in [-0.25, -0.2) is 9.36 Å². The second kappa shape index (κ2) is 10.6. The highest BCUT2D eigenvalue weighted by molar-refractivity contribution is 8.22. The van der Waals surface area contributed by atoms with Gasteiger partial charge in [-0.15, -0.1) is 11.8 Å². The Balaban J connectivity index is 1.41. The van der Waals surface area contributed by atoms with Crippen LogP contribution in [0.4, 0.5) is 5.69 Å². The number of aliphatic carboxylic acids is 1. The molecule has 2 N–H and O–H groups in total. The quantitative estimate of drug-likeness (QED) is 0.324. The summed E-state index contributed by atoms with van der Waals surface area (Å²) in [5.74, 6) is -0.406. The second-order valence-corrected chi connectivity index (χ2v) is 10.2. The topological polar surface area (TPSA) is 82.8 Å². The highest BCUT2D eigenvalue weighted by Crippen LogP contribution is 2.42. The van der Waals surface area contributed by atoms with Crippen molar-refractivity contribution in [1.82, 2.24) is 4.90 Å². The van der Waals surface area contributed by atoms with E-state index in [1.54, 1.807) is 11.8 Å². The third-order valence-electron chi connectivity index (χ3n) is 5.30. The normalized spacial score (nSPS) is 19.5. The fourth-order valence-electron chi connectivity index (χ4n) is 3.73. The van der Waals surface area contributed by atoms with Crippen LogP contribution in [0.25, 0.3) is 0 Å². The molecule has 1 saturated heterocycles. The highest BCUT2D eigenvalue weighted by Gasteiger charge is 2.53. The Morgan fingerprint density at radius 1 is 1.30 bits per heavy atom. The number of carbonyl (C=O) groups is 2. The van der Waals surface area contributed by atoms with Gasteiger partial charge in [-0.1, -0.05) is 42.1 Å². The number of pyridine rings is 1. The van der Waals surface area contributed by atoms with Gasteiger partial charge in [0.1, 0.15) is 17.1 Å². The van der Waals surface area contributed by atoms with Crippen LogP contribution in [-0.2, 0) is 20.9 Å². The number of thiocarbonyl (C=S) groups is 1. The molecule has 172 valence electrons. The molecule has 1 amide bonds. The zero-order valence-electron chi connectivity index (χ0n) is 18.0. The summed E-state index contributed by atoms with van der Waals surface area (Å²) in [6.07, 6.45) is 3.92. The van der Waals surface area contributed by atoms with Crippen LogP contribution in [0.15, 0.2) is 66.1 Å². The molecule has 0 saturated carbocycles. The Kier molecular flexibility index (Phi) is 7.56. The van der Waals surface area contributed by atoms with Gasteiger partial charge in [0.2, 0.25) is 4.38 Å². The Hall–Kier alpha value is -2.56. The third kappa shape index (κ3) is 5.34. The van der Waals surface area contributed by atoms with Crippen LogP contribution in [0.1, 0.15) is 12.5 Å². The summed E-state index contributed by atoms with van der Waals surface area (Å²) in [7, 11) is 0. The molecule has 10 heteroatoms. The molecular formula is C23H24N3O4S3+. The van der Waals surface area contributed by atoms with Crippen molar-refractivity contribution < 1.29 is 24.0 Å². The zero-order valence-corrected chi connectivity index (χ0v) is 20.4. The molecule has 2 aliphatic rings. The van der Waals surface area contributed by atoms with Crippen LogP contribution in [0.5, 0.6) is 0 Å². The molecular weight excluding hydrogens is 478 g/mol.